The van der Waals surface area contributed by atoms with Gasteiger partial charge < -0.3 is 4.74 Å². The molecule has 0 saturated heterocycles. The number of nitrogens with zero attached hydrogens (tertiary/aromatic N) is 2. The molecule has 1 aromatic rings. The Kier molecular flexibility index (Phi) is 3.80. The molecule has 0 N–H and O–H groups in total. The molecule has 1 heterocycles. The Morgan fingerprint density at radius 3 is 2.81 bits per heavy atom. The van der Waals surface area contributed by atoms with Crippen LogP contribution in [0, 0.1) is 29.1 Å². The van der Waals surface area contributed by atoms with Crippen molar-refractivity contribution in [3.8, 4) is 0 Å². The van der Waals surface area contributed by atoms with Crippen molar-refractivity contribution in [1.29, 1.82) is 0 Å². The molecule has 4 nitrogen and oxygen atoms in total. The van der Waals surface area contributed by atoms with Crippen LogP contribution < -0.4 is 0 Å². The van der Waals surface area contributed by atoms with E-state index >= 15 is 0 Å². The summed E-state index contributed by atoms with van der Waals surface area (Å²) in [4.78, 5) is 12.9. The van der Waals surface area contributed by atoms with Gasteiger partial charge in [-0.1, -0.05) is 18.3 Å². The fourth-order valence-electron chi connectivity index (χ4n) is 7.53. The van der Waals surface area contributed by atoms with Gasteiger partial charge in [0.05, 0.1) is 5.69 Å². The van der Waals surface area contributed by atoms with Crippen LogP contribution in [0.5, 0.6) is 0 Å². The standard InChI is InChI=1S/C21H30N2O2S/c1-12(24)25-14-6-8-20(2)13(10-14)4-5-15-16(20)7-9-21(3)17(15)11-18-19(21)22-23-26-18/h13-17H,4-11H2,1-3H3/t13-,14-,15+,16-,17-,20-,21-/m0/s1. The molecule has 5 rings (SSSR count). The molecule has 0 unspecified atom stereocenters. The lowest BCUT2D eigenvalue weighted by Crippen LogP contribution is -2.54. The molecule has 26 heavy (non-hydrogen) atoms. The Hall–Kier alpha value is -0.970. The molecule has 3 fully saturated rings. The zero-order chi connectivity index (χ0) is 18.1. The van der Waals surface area contributed by atoms with E-state index in [0.717, 1.165) is 36.5 Å². The predicted octanol–water partition coefficient (Wildman–Crippen LogP) is 4.53. The summed E-state index contributed by atoms with van der Waals surface area (Å²) in [5.41, 5.74) is 2.03. The van der Waals surface area contributed by atoms with Crippen LogP contribution in [0.1, 0.15) is 76.3 Å². The van der Waals surface area contributed by atoms with Crippen LogP contribution in [0.4, 0.5) is 0 Å². The van der Waals surface area contributed by atoms with Crippen LogP contribution in [-0.4, -0.2) is 21.7 Å². The highest BCUT2D eigenvalue weighted by atomic mass is 32.1. The van der Waals surface area contributed by atoms with Crippen LogP contribution in [0.2, 0.25) is 0 Å². The largest absolute Gasteiger partial charge is 0.463 e. The number of ether oxygens (including phenoxy) is 1. The maximum absolute atomic E-state index is 11.4. The topological polar surface area (TPSA) is 52.1 Å². The van der Waals surface area contributed by atoms with Crippen molar-refractivity contribution in [2.24, 2.45) is 29.1 Å². The number of fused-ring (bicyclic) bond motifs is 7. The van der Waals surface area contributed by atoms with Gasteiger partial charge in [0.25, 0.3) is 0 Å². The molecule has 142 valence electrons. The first-order chi connectivity index (χ1) is 12.4. The number of carbonyl (C=O) groups is 1. The first-order valence-corrected chi connectivity index (χ1v) is 11.2. The highest BCUT2D eigenvalue weighted by molar-refractivity contribution is 7.05. The van der Waals surface area contributed by atoms with E-state index < -0.39 is 0 Å². The molecule has 1 aromatic heterocycles. The van der Waals surface area contributed by atoms with E-state index in [0.29, 0.717) is 5.41 Å². The van der Waals surface area contributed by atoms with Crippen molar-refractivity contribution >= 4 is 17.5 Å². The minimum absolute atomic E-state index is 0.112. The summed E-state index contributed by atoms with van der Waals surface area (Å²) < 4.78 is 9.83. The lowest BCUT2D eigenvalue weighted by molar-refractivity contribution is -0.157. The Morgan fingerprint density at radius 2 is 2.00 bits per heavy atom. The van der Waals surface area contributed by atoms with Gasteiger partial charge in [0, 0.05) is 17.2 Å². The molecule has 4 aliphatic rings. The fraction of sp³-hybridized carbons (Fsp3) is 0.857. The second-order valence-electron chi connectivity index (χ2n) is 9.87. The first kappa shape index (κ1) is 17.2. The zero-order valence-electron chi connectivity index (χ0n) is 16.2. The summed E-state index contributed by atoms with van der Waals surface area (Å²) in [6.45, 7) is 6.58. The minimum atomic E-state index is -0.112. The van der Waals surface area contributed by atoms with Gasteiger partial charge in [0.1, 0.15) is 6.10 Å². The maximum atomic E-state index is 11.4. The van der Waals surface area contributed by atoms with Crippen molar-refractivity contribution in [3.63, 3.8) is 0 Å². The fourth-order valence-corrected chi connectivity index (χ4v) is 8.36. The number of hydrogen-bond donors (Lipinski definition) is 0. The van der Waals surface area contributed by atoms with Gasteiger partial charge in [-0.2, -0.15) is 0 Å². The average Bonchev–Trinajstić information content (AvgIpc) is 3.16. The monoisotopic (exact) mass is 374 g/mol. The van der Waals surface area contributed by atoms with E-state index in [9.17, 15) is 4.79 Å². The summed E-state index contributed by atoms with van der Waals surface area (Å²) in [6.07, 6.45) is 9.98. The molecule has 7 atom stereocenters. The van der Waals surface area contributed by atoms with Crippen LogP contribution in [-0.2, 0) is 21.4 Å². The molecule has 4 aliphatic carbocycles. The van der Waals surface area contributed by atoms with Crippen molar-refractivity contribution in [3.05, 3.63) is 10.6 Å². The summed E-state index contributed by atoms with van der Waals surface area (Å²) in [6, 6.07) is 0. The number of hydrogen-bond acceptors (Lipinski definition) is 5. The Balaban J connectivity index is 1.39. The molecule has 0 bridgehead atoms. The third-order valence-electron chi connectivity index (χ3n) is 8.84. The molecule has 0 aromatic carbocycles. The molecule has 5 heteroatoms. The number of aromatic nitrogens is 2. The second kappa shape index (κ2) is 5.76. The van der Waals surface area contributed by atoms with Gasteiger partial charge in [-0.3, -0.25) is 4.79 Å². The zero-order valence-corrected chi connectivity index (χ0v) is 17.0. The summed E-state index contributed by atoms with van der Waals surface area (Å²) in [5.74, 6) is 3.05. The summed E-state index contributed by atoms with van der Waals surface area (Å²) in [7, 11) is 0. The predicted molar refractivity (Wildman–Crippen MR) is 101 cm³/mol. The van der Waals surface area contributed by atoms with Gasteiger partial charge in [0.2, 0.25) is 0 Å². The van der Waals surface area contributed by atoms with Crippen LogP contribution >= 0.6 is 11.5 Å². The highest BCUT2D eigenvalue weighted by Gasteiger charge is 2.60. The van der Waals surface area contributed by atoms with Crippen molar-refractivity contribution < 1.29 is 9.53 Å². The molecular formula is C21H30N2O2S. The lowest BCUT2D eigenvalue weighted by atomic mass is 9.45. The summed E-state index contributed by atoms with van der Waals surface area (Å²) >= 11 is 1.63. The van der Waals surface area contributed by atoms with E-state index in [1.54, 1.807) is 18.5 Å². The van der Waals surface area contributed by atoms with E-state index in [1.165, 1.54) is 49.1 Å². The number of esters is 1. The van der Waals surface area contributed by atoms with Gasteiger partial charge >= 0.3 is 5.97 Å². The number of carbonyl (C=O) groups excluding carboxylic acids is 1. The lowest BCUT2D eigenvalue weighted by Gasteiger charge is -2.60. The van der Waals surface area contributed by atoms with Crippen molar-refractivity contribution in [1.82, 2.24) is 9.59 Å². The molecule has 0 amide bonds. The van der Waals surface area contributed by atoms with Crippen molar-refractivity contribution in [2.45, 2.75) is 83.7 Å². The molecule has 0 radical (unpaired) electrons. The third-order valence-corrected chi connectivity index (χ3v) is 9.59. The van der Waals surface area contributed by atoms with Gasteiger partial charge in [0.15, 0.2) is 0 Å². The highest BCUT2D eigenvalue weighted by Crippen LogP contribution is 2.65. The van der Waals surface area contributed by atoms with Crippen LogP contribution in [0.3, 0.4) is 0 Å². The molecular weight excluding hydrogens is 344 g/mol. The first-order valence-electron chi connectivity index (χ1n) is 10.4. The van der Waals surface area contributed by atoms with E-state index in [2.05, 4.69) is 23.4 Å². The average molecular weight is 375 g/mol. The van der Waals surface area contributed by atoms with Crippen LogP contribution in [0.25, 0.3) is 0 Å². The molecule has 0 aliphatic heterocycles. The van der Waals surface area contributed by atoms with Crippen LogP contribution in [0.15, 0.2) is 0 Å². The second-order valence-corrected chi connectivity index (χ2v) is 10.7. The van der Waals surface area contributed by atoms with Crippen molar-refractivity contribution in [2.75, 3.05) is 0 Å². The Bertz CT molecular complexity index is 733. The van der Waals surface area contributed by atoms with E-state index in [1.807, 2.05) is 0 Å². The third kappa shape index (κ3) is 2.28. The van der Waals surface area contributed by atoms with Gasteiger partial charge in [-0.15, -0.1) is 5.10 Å². The quantitative estimate of drug-likeness (QED) is 0.678. The summed E-state index contributed by atoms with van der Waals surface area (Å²) in [5, 5.41) is 4.55. The Morgan fingerprint density at radius 1 is 1.15 bits per heavy atom. The van der Waals surface area contributed by atoms with Gasteiger partial charge in [-0.25, -0.2) is 0 Å². The van der Waals surface area contributed by atoms with E-state index in [-0.39, 0.29) is 17.5 Å². The normalized spacial score (nSPS) is 46.7. The van der Waals surface area contributed by atoms with E-state index in [4.69, 9.17) is 4.74 Å². The maximum Gasteiger partial charge on any atom is 0.302 e. The molecule has 0 spiro atoms. The SMILES string of the molecule is CC(=O)O[C@H]1CC[C@@]2(C)[C@@H](CC[C@@H]3[C@@H]2CC[C@]2(C)c4nnsc4C[C@@H]32)C1. The number of rotatable bonds is 1. The Labute approximate surface area is 160 Å². The molecule has 3 saturated carbocycles. The smallest absolute Gasteiger partial charge is 0.302 e. The minimum Gasteiger partial charge on any atom is -0.463 e. The van der Waals surface area contributed by atoms with Gasteiger partial charge in [-0.05, 0) is 92.0 Å².